The van der Waals surface area contributed by atoms with Crippen molar-refractivity contribution in [3.05, 3.63) is 47.8 Å². The molecule has 0 bridgehead atoms. The zero-order valence-electron chi connectivity index (χ0n) is 20.3. The smallest absolute Gasteiger partial charge is 0.412 e. The van der Waals surface area contributed by atoms with Gasteiger partial charge in [-0.25, -0.2) is 17.6 Å². The van der Waals surface area contributed by atoms with Gasteiger partial charge in [0.05, 0.1) is 17.7 Å². The van der Waals surface area contributed by atoms with E-state index >= 15 is 0 Å². The van der Waals surface area contributed by atoms with E-state index in [1.54, 1.807) is 39.0 Å². The second-order valence-electron chi connectivity index (χ2n) is 9.44. The number of carbonyl (C=O) groups is 2. The number of benzene rings is 2. The Morgan fingerprint density at radius 1 is 1.23 bits per heavy atom. The van der Waals surface area contributed by atoms with E-state index in [-0.39, 0.29) is 35.6 Å². The highest BCUT2D eigenvalue weighted by atomic mass is 32.2. The number of ether oxygens (including phenoxy) is 1. The Kier molecular flexibility index (Phi) is 7.30. The van der Waals surface area contributed by atoms with E-state index in [4.69, 9.17) is 4.74 Å². The summed E-state index contributed by atoms with van der Waals surface area (Å²) in [6.45, 7) is 6.91. The summed E-state index contributed by atoms with van der Waals surface area (Å²) >= 11 is 0. The van der Waals surface area contributed by atoms with Gasteiger partial charge in [-0.1, -0.05) is 6.07 Å². The normalized spacial score (nSPS) is 15.8. The second kappa shape index (κ2) is 9.73. The number of methoxy groups -OCH3 is 1. The summed E-state index contributed by atoms with van der Waals surface area (Å²) in [4.78, 5) is 24.5. The average molecular weight is 508 g/mol. The maximum atomic E-state index is 14.0. The summed E-state index contributed by atoms with van der Waals surface area (Å²) in [7, 11) is -2.94. The SMILES string of the molecule is COc1cc(S(=O)(=O)N2C[C@H](CNC(C)=O)Cc3ccc(N(C(=O)O)C(C)(C)C)cc32)ccc1F. The number of carbonyl (C=O) groups excluding carboxylic acids is 1. The van der Waals surface area contributed by atoms with E-state index in [9.17, 15) is 27.5 Å². The number of amides is 2. The number of hydrogen-bond donors (Lipinski definition) is 2. The molecule has 2 amide bonds. The molecule has 2 aromatic rings. The van der Waals surface area contributed by atoms with E-state index in [1.807, 2.05) is 0 Å². The summed E-state index contributed by atoms with van der Waals surface area (Å²) in [5, 5.41) is 12.6. The zero-order chi connectivity index (χ0) is 26.1. The first-order chi connectivity index (χ1) is 16.3. The summed E-state index contributed by atoms with van der Waals surface area (Å²) < 4.78 is 47.6. The molecule has 2 N–H and O–H groups in total. The van der Waals surface area contributed by atoms with Crippen LogP contribution < -0.4 is 19.3 Å². The predicted octanol–water partition coefficient (Wildman–Crippen LogP) is 3.62. The van der Waals surface area contributed by atoms with Crippen LogP contribution >= 0.6 is 0 Å². The van der Waals surface area contributed by atoms with Crippen molar-refractivity contribution in [2.45, 2.75) is 44.6 Å². The number of hydrogen-bond acceptors (Lipinski definition) is 5. The van der Waals surface area contributed by atoms with Gasteiger partial charge < -0.3 is 15.2 Å². The van der Waals surface area contributed by atoms with Crippen LogP contribution in [0.25, 0.3) is 0 Å². The van der Waals surface area contributed by atoms with Crippen molar-refractivity contribution in [2.24, 2.45) is 5.92 Å². The molecule has 0 radical (unpaired) electrons. The van der Waals surface area contributed by atoms with Gasteiger partial charge in [-0.2, -0.15) is 0 Å². The van der Waals surface area contributed by atoms with Crippen LogP contribution in [0.2, 0.25) is 0 Å². The van der Waals surface area contributed by atoms with Crippen molar-refractivity contribution in [2.75, 3.05) is 29.4 Å². The van der Waals surface area contributed by atoms with Gasteiger partial charge in [-0.15, -0.1) is 0 Å². The summed E-state index contributed by atoms with van der Waals surface area (Å²) in [6.07, 6.45) is -0.688. The third-order valence-corrected chi connectivity index (χ3v) is 7.52. The van der Waals surface area contributed by atoms with Crippen molar-refractivity contribution in [3.63, 3.8) is 0 Å². The molecule has 0 spiro atoms. The van der Waals surface area contributed by atoms with Gasteiger partial charge >= 0.3 is 6.09 Å². The van der Waals surface area contributed by atoms with Crippen LogP contribution in [0.4, 0.5) is 20.6 Å². The van der Waals surface area contributed by atoms with Crippen LogP contribution in [0.1, 0.15) is 33.3 Å². The van der Waals surface area contributed by atoms with Crippen LogP contribution in [0.3, 0.4) is 0 Å². The molecule has 1 heterocycles. The molecule has 0 fully saturated rings. The van der Waals surface area contributed by atoms with Gasteiger partial charge in [0.15, 0.2) is 11.6 Å². The molecule has 1 atom stereocenters. The first kappa shape index (κ1) is 26.3. The molecule has 0 aromatic heterocycles. The molecule has 1 aliphatic rings. The molecular weight excluding hydrogens is 477 g/mol. The number of nitrogens with zero attached hydrogens (tertiary/aromatic N) is 2. The Bertz CT molecular complexity index is 1240. The first-order valence-electron chi connectivity index (χ1n) is 11.0. The number of rotatable bonds is 6. The monoisotopic (exact) mass is 507 g/mol. The number of nitrogens with one attached hydrogen (secondary N) is 1. The third kappa shape index (κ3) is 5.50. The fourth-order valence-corrected chi connectivity index (χ4v) is 5.76. The molecule has 9 nitrogen and oxygen atoms in total. The Morgan fingerprint density at radius 2 is 1.91 bits per heavy atom. The maximum Gasteiger partial charge on any atom is 0.412 e. The lowest BCUT2D eigenvalue weighted by atomic mass is 9.93. The average Bonchev–Trinajstić information content (AvgIpc) is 2.76. The first-order valence-corrected chi connectivity index (χ1v) is 12.5. The third-order valence-electron chi connectivity index (χ3n) is 5.74. The number of sulfonamides is 1. The van der Waals surface area contributed by atoms with Crippen LogP contribution in [0, 0.1) is 11.7 Å². The summed E-state index contributed by atoms with van der Waals surface area (Å²) in [5.41, 5.74) is 0.560. The molecule has 190 valence electrons. The molecule has 11 heteroatoms. The van der Waals surface area contributed by atoms with E-state index in [0.29, 0.717) is 23.4 Å². The minimum Gasteiger partial charge on any atom is -0.494 e. The lowest BCUT2D eigenvalue weighted by molar-refractivity contribution is -0.119. The Labute approximate surface area is 204 Å². The topological polar surface area (TPSA) is 116 Å². The minimum absolute atomic E-state index is 0.0430. The Morgan fingerprint density at radius 3 is 2.49 bits per heavy atom. The summed E-state index contributed by atoms with van der Waals surface area (Å²) in [5.74, 6) is -1.37. The largest absolute Gasteiger partial charge is 0.494 e. The van der Waals surface area contributed by atoms with Gasteiger partial charge in [-0.3, -0.25) is 14.0 Å². The van der Waals surface area contributed by atoms with E-state index in [1.165, 1.54) is 23.2 Å². The van der Waals surface area contributed by atoms with Crippen molar-refractivity contribution < 1.29 is 32.2 Å². The number of anilines is 2. The molecule has 0 saturated heterocycles. The van der Waals surface area contributed by atoms with E-state index in [0.717, 1.165) is 18.2 Å². The molecular formula is C24H30FN3O6S. The molecule has 2 aromatic carbocycles. The molecule has 0 aliphatic carbocycles. The highest BCUT2D eigenvalue weighted by molar-refractivity contribution is 7.92. The molecule has 35 heavy (non-hydrogen) atoms. The fraction of sp³-hybridized carbons (Fsp3) is 0.417. The Hall–Kier alpha value is -3.34. The fourth-order valence-electron chi connectivity index (χ4n) is 4.17. The summed E-state index contributed by atoms with van der Waals surface area (Å²) in [6, 6.07) is 8.19. The van der Waals surface area contributed by atoms with Gasteiger partial charge in [0.25, 0.3) is 10.0 Å². The standard InChI is InChI=1S/C24H30FN3O6S/c1-15(29)26-13-16-10-17-6-7-18(28(23(30)31)24(2,3)4)11-21(17)27(14-16)35(32,33)19-8-9-20(25)22(12-19)34-5/h6-9,11-12,16H,10,13-14H2,1-5H3,(H,26,29)(H,30,31)/t16-/m0/s1. The number of carboxylic acid groups (broad SMARTS) is 1. The second-order valence-corrected chi connectivity index (χ2v) is 11.3. The predicted molar refractivity (Wildman–Crippen MR) is 130 cm³/mol. The van der Waals surface area contributed by atoms with Crippen molar-refractivity contribution >= 4 is 33.4 Å². The molecule has 3 rings (SSSR count). The molecule has 1 aliphatic heterocycles. The molecule has 0 saturated carbocycles. The van der Waals surface area contributed by atoms with Crippen LogP contribution in [-0.2, 0) is 21.2 Å². The van der Waals surface area contributed by atoms with Gasteiger partial charge in [0, 0.05) is 37.3 Å². The highest BCUT2D eigenvalue weighted by Crippen LogP contribution is 2.38. The van der Waals surface area contributed by atoms with Crippen molar-refractivity contribution in [1.82, 2.24) is 5.32 Å². The number of fused-ring (bicyclic) bond motifs is 1. The quantitative estimate of drug-likeness (QED) is 0.617. The van der Waals surface area contributed by atoms with E-state index < -0.39 is 27.5 Å². The number of halogens is 1. The van der Waals surface area contributed by atoms with Crippen molar-refractivity contribution in [1.29, 1.82) is 0 Å². The van der Waals surface area contributed by atoms with Gasteiger partial charge in [0.1, 0.15) is 0 Å². The Balaban J connectivity index is 2.15. The van der Waals surface area contributed by atoms with Crippen LogP contribution in [-0.4, -0.2) is 51.3 Å². The van der Waals surface area contributed by atoms with Gasteiger partial charge in [0.2, 0.25) is 5.91 Å². The minimum atomic E-state index is -4.19. The van der Waals surface area contributed by atoms with Crippen LogP contribution in [0.15, 0.2) is 41.3 Å². The maximum absolute atomic E-state index is 14.0. The van der Waals surface area contributed by atoms with Gasteiger partial charge in [-0.05, 0) is 62.9 Å². The lowest BCUT2D eigenvalue weighted by Gasteiger charge is -2.38. The lowest BCUT2D eigenvalue weighted by Crippen LogP contribution is -2.46. The zero-order valence-corrected chi connectivity index (χ0v) is 21.1. The highest BCUT2D eigenvalue weighted by Gasteiger charge is 2.36. The van der Waals surface area contributed by atoms with E-state index in [2.05, 4.69) is 5.32 Å². The molecule has 0 unspecified atom stereocenters. The van der Waals surface area contributed by atoms with Crippen LogP contribution in [0.5, 0.6) is 5.75 Å². The van der Waals surface area contributed by atoms with Crippen molar-refractivity contribution in [3.8, 4) is 5.75 Å².